The second kappa shape index (κ2) is 6.38. The Hall–Kier alpha value is -1.09. The van der Waals surface area contributed by atoms with Gasteiger partial charge in [-0.15, -0.1) is 0 Å². The molecule has 0 aromatic heterocycles. The summed E-state index contributed by atoms with van der Waals surface area (Å²) in [6.07, 6.45) is 2.35. The van der Waals surface area contributed by atoms with Gasteiger partial charge >= 0.3 is 0 Å². The summed E-state index contributed by atoms with van der Waals surface area (Å²) < 4.78 is 13.3. The molecule has 1 heterocycles. The largest absolute Gasteiger partial charge is 0.371 e. The Kier molecular flexibility index (Phi) is 4.81. The minimum absolute atomic E-state index is 0.115. The molecule has 106 valence electrons. The zero-order chi connectivity index (χ0) is 13.8. The Bertz CT molecular complexity index is 419. The van der Waals surface area contributed by atoms with Crippen LogP contribution in [0, 0.1) is 18.7 Å². The normalized spacial score (nSPS) is 23.7. The van der Waals surface area contributed by atoms with Crippen LogP contribution in [-0.4, -0.2) is 25.7 Å². The summed E-state index contributed by atoms with van der Waals surface area (Å²) in [4.78, 5) is 2.38. The SMILES string of the molecule is CCCNC1CCN(c2ccc(F)c(C)c2)CC1C. The Morgan fingerprint density at radius 2 is 2.21 bits per heavy atom. The van der Waals surface area contributed by atoms with Crippen LogP contribution in [0.3, 0.4) is 0 Å². The highest BCUT2D eigenvalue weighted by molar-refractivity contribution is 5.49. The molecule has 3 heteroatoms. The van der Waals surface area contributed by atoms with Crippen molar-refractivity contribution in [3.63, 3.8) is 0 Å². The van der Waals surface area contributed by atoms with E-state index in [9.17, 15) is 4.39 Å². The number of nitrogens with one attached hydrogen (secondary N) is 1. The predicted octanol–water partition coefficient (Wildman–Crippen LogP) is 3.35. The van der Waals surface area contributed by atoms with Crippen LogP contribution < -0.4 is 10.2 Å². The van der Waals surface area contributed by atoms with Gasteiger partial charge in [-0.05, 0) is 56.0 Å². The molecule has 1 saturated heterocycles. The minimum atomic E-state index is -0.115. The van der Waals surface area contributed by atoms with Crippen LogP contribution in [-0.2, 0) is 0 Å². The highest BCUT2D eigenvalue weighted by Gasteiger charge is 2.25. The van der Waals surface area contributed by atoms with E-state index in [0.717, 1.165) is 37.3 Å². The molecule has 2 nitrogen and oxygen atoms in total. The summed E-state index contributed by atoms with van der Waals surface area (Å²) >= 11 is 0. The first-order valence-electron chi connectivity index (χ1n) is 7.36. The van der Waals surface area contributed by atoms with Crippen LogP contribution in [0.5, 0.6) is 0 Å². The zero-order valence-electron chi connectivity index (χ0n) is 12.2. The third-order valence-corrected chi connectivity index (χ3v) is 4.07. The van der Waals surface area contributed by atoms with E-state index in [1.165, 1.54) is 6.42 Å². The van der Waals surface area contributed by atoms with Crippen molar-refractivity contribution >= 4 is 5.69 Å². The summed E-state index contributed by atoms with van der Waals surface area (Å²) in [6, 6.07) is 6.06. The summed E-state index contributed by atoms with van der Waals surface area (Å²) in [7, 11) is 0. The van der Waals surface area contributed by atoms with E-state index < -0.39 is 0 Å². The minimum Gasteiger partial charge on any atom is -0.371 e. The third-order valence-electron chi connectivity index (χ3n) is 4.07. The molecule has 1 aromatic rings. The number of aryl methyl sites for hydroxylation is 1. The molecule has 19 heavy (non-hydrogen) atoms. The molecule has 1 fully saturated rings. The lowest BCUT2D eigenvalue weighted by Crippen LogP contribution is -2.48. The van der Waals surface area contributed by atoms with E-state index in [2.05, 4.69) is 24.1 Å². The molecule has 0 saturated carbocycles. The van der Waals surface area contributed by atoms with Crippen LogP contribution in [0.2, 0.25) is 0 Å². The standard InChI is InChI=1S/C16H25FN2/c1-4-8-18-16-7-9-19(11-13(16)3)14-5-6-15(17)12(2)10-14/h5-6,10,13,16,18H,4,7-9,11H2,1-3H3. The van der Waals surface area contributed by atoms with Crippen molar-refractivity contribution in [2.75, 3.05) is 24.5 Å². The number of piperidine rings is 1. The lowest BCUT2D eigenvalue weighted by Gasteiger charge is -2.39. The second-order valence-electron chi connectivity index (χ2n) is 5.71. The van der Waals surface area contributed by atoms with Crippen molar-refractivity contribution in [1.82, 2.24) is 5.32 Å². The molecule has 1 aromatic carbocycles. The van der Waals surface area contributed by atoms with Gasteiger partial charge in [-0.25, -0.2) is 4.39 Å². The third kappa shape index (κ3) is 3.47. The van der Waals surface area contributed by atoms with Gasteiger partial charge in [0.25, 0.3) is 0 Å². The Morgan fingerprint density at radius 3 is 2.84 bits per heavy atom. The fourth-order valence-electron chi connectivity index (χ4n) is 2.84. The molecule has 1 aliphatic rings. The van der Waals surface area contributed by atoms with E-state index in [1.807, 2.05) is 19.1 Å². The number of hydrogen-bond acceptors (Lipinski definition) is 2. The number of rotatable bonds is 4. The first-order chi connectivity index (χ1) is 9.11. The van der Waals surface area contributed by atoms with E-state index in [-0.39, 0.29) is 5.82 Å². The van der Waals surface area contributed by atoms with Crippen molar-refractivity contribution < 1.29 is 4.39 Å². The second-order valence-corrected chi connectivity index (χ2v) is 5.71. The lowest BCUT2D eigenvalue weighted by molar-refractivity contribution is 0.322. The van der Waals surface area contributed by atoms with Gasteiger partial charge in [0.05, 0.1) is 0 Å². The summed E-state index contributed by atoms with van der Waals surface area (Å²) in [5.41, 5.74) is 1.89. The van der Waals surface area contributed by atoms with Crippen molar-refractivity contribution in [2.24, 2.45) is 5.92 Å². The smallest absolute Gasteiger partial charge is 0.126 e. The van der Waals surface area contributed by atoms with Crippen molar-refractivity contribution in [3.8, 4) is 0 Å². The fourth-order valence-corrected chi connectivity index (χ4v) is 2.84. The van der Waals surface area contributed by atoms with E-state index in [1.54, 1.807) is 6.07 Å². The van der Waals surface area contributed by atoms with E-state index in [0.29, 0.717) is 12.0 Å². The quantitative estimate of drug-likeness (QED) is 0.897. The van der Waals surface area contributed by atoms with Crippen molar-refractivity contribution in [2.45, 2.75) is 39.7 Å². The van der Waals surface area contributed by atoms with Gasteiger partial charge in [0, 0.05) is 24.8 Å². The fraction of sp³-hybridized carbons (Fsp3) is 0.625. The number of benzene rings is 1. The Labute approximate surface area is 116 Å². The van der Waals surface area contributed by atoms with Crippen LogP contribution in [0.15, 0.2) is 18.2 Å². The number of halogens is 1. The highest BCUT2D eigenvalue weighted by atomic mass is 19.1. The molecule has 0 spiro atoms. The highest BCUT2D eigenvalue weighted by Crippen LogP contribution is 2.25. The van der Waals surface area contributed by atoms with Gasteiger partial charge in [-0.2, -0.15) is 0 Å². The Morgan fingerprint density at radius 1 is 1.42 bits per heavy atom. The van der Waals surface area contributed by atoms with Gasteiger partial charge in [0.1, 0.15) is 5.82 Å². The average molecular weight is 264 g/mol. The first-order valence-corrected chi connectivity index (χ1v) is 7.36. The van der Waals surface area contributed by atoms with Crippen molar-refractivity contribution in [3.05, 3.63) is 29.6 Å². The summed E-state index contributed by atoms with van der Waals surface area (Å²) in [5.74, 6) is 0.516. The lowest BCUT2D eigenvalue weighted by atomic mass is 9.93. The van der Waals surface area contributed by atoms with Gasteiger partial charge in [-0.1, -0.05) is 13.8 Å². The van der Waals surface area contributed by atoms with Gasteiger partial charge in [0.15, 0.2) is 0 Å². The predicted molar refractivity (Wildman–Crippen MR) is 79.2 cm³/mol. The maximum absolute atomic E-state index is 13.3. The molecule has 1 aliphatic heterocycles. The molecule has 2 atom stereocenters. The molecule has 0 radical (unpaired) electrons. The van der Waals surface area contributed by atoms with Gasteiger partial charge < -0.3 is 10.2 Å². The molecular formula is C16H25FN2. The number of nitrogens with zero attached hydrogens (tertiary/aromatic N) is 1. The van der Waals surface area contributed by atoms with Crippen molar-refractivity contribution in [1.29, 1.82) is 0 Å². The molecule has 0 amide bonds. The van der Waals surface area contributed by atoms with E-state index >= 15 is 0 Å². The molecule has 1 N–H and O–H groups in total. The first kappa shape index (κ1) is 14.3. The molecule has 0 bridgehead atoms. The molecular weight excluding hydrogens is 239 g/mol. The van der Waals surface area contributed by atoms with Crippen LogP contribution >= 0.6 is 0 Å². The van der Waals surface area contributed by atoms with Crippen LogP contribution in [0.25, 0.3) is 0 Å². The maximum atomic E-state index is 13.3. The zero-order valence-corrected chi connectivity index (χ0v) is 12.2. The molecule has 2 rings (SSSR count). The van der Waals surface area contributed by atoms with E-state index in [4.69, 9.17) is 0 Å². The van der Waals surface area contributed by atoms with Crippen LogP contribution in [0.1, 0.15) is 32.3 Å². The molecule has 0 aliphatic carbocycles. The summed E-state index contributed by atoms with van der Waals surface area (Å²) in [5, 5.41) is 3.63. The Balaban J connectivity index is 1.99. The van der Waals surface area contributed by atoms with Crippen LogP contribution in [0.4, 0.5) is 10.1 Å². The van der Waals surface area contributed by atoms with Gasteiger partial charge in [0.2, 0.25) is 0 Å². The maximum Gasteiger partial charge on any atom is 0.126 e. The number of anilines is 1. The molecule has 2 unspecified atom stereocenters. The van der Waals surface area contributed by atoms with Gasteiger partial charge in [-0.3, -0.25) is 0 Å². The monoisotopic (exact) mass is 264 g/mol. The average Bonchev–Trinajstić information content (AvgIpc) is 2.40. The number of hydrogen-bond donors (Lipinski definition) is 1. The summed E-state index contributed by atoms with van der Waals surface area (Å²) in [6.45, 7) is 9.54. The topological polar surface area (TPSA) is 15.3 Å².